The lowest BCUT2D eigenvalue weighted by atomic mass is 9.97. The first-order chi connectivity index (χ1) is 12.6. The van der Waals surface area contributed by atoms with E-state index in [0.717, 1.165) is 39.1 Å². The molecule has 2 nitrogen and oxygen atoms in total. The first-order valence-electron chi connectivity index (χ1n) is 9.07. The van der Waals surface area contributed by atoms with Gasteiger partial charge in [0.1, 0.15) is 0 Å². The molecule has 26 heavy (non-hydrogen) atoms. The van der Waals surface area contributed by atoms with Crippen molar-refractivity contribution in [1.29, 1.82) is 0 Å². The summed E-state index contributed by atoms with van der Waals surface area (Å²) in [4.78, 5) is 10.2. The minimum Gasteiger partial charge on any atom is -0.244 e. The zero-order chi connectivity index (χ0) is 18.1. The third-order valence-corrected chi connectivity index (χ3v) is 4.77. The molecule has 0 saturated carbocycles. The maximum Gasteiger partial charge on any atom is 0.0973 e. The molecule has 0 saturated heterocycles. The summed E-state index contributed by atoms with van der Waals surface area (Å²) in [6.07, 6.45) is 0. The lowest BCUT2D eigenvalue weighted by molar-refractivity contribution is 0.871. The van der Waals surface area contributed by atoms with E-state index < -0.39 is 0 Å². The lowest BCUT2D eigenvalue weighted by Gasteiger charge is -2.15. The van der Waals surface area contributed by atoms with Gasteiger partial charge in [-0.2, -0.15) is 0 Å². The fourth-order valence-electron chi connectivity index (χ4n) is 3.34. The highest BCUT2D eigenvalue weighted by Gasteiger charge is 2.17. The van der Waals surface area contributed by atoms with E-state index in [-0.39, 0.29) is 0 Å². The van der Waals surface area contributed by atoms with Crippen LogP contribution in [0.3, 0.4) is 0 Å². The van der Waals surface area contributed by atoms with Crippen molar-refractivity contribution in [1.82, 2.24) is 9.97 Å². The molecule has 0 unspecified atom stereocenters. The molecule has 4 rings (SSSR count). The Kier molecular flexibility index (Phi) is 4.26. The molecule has 1 heterocycles. The van der Waals surface area contributed by atoms with Gasteiger partial charge in [-0.3, -0.25) is 0 Å². The molecule has 0 N–H and O–H groups in total. The van der Waals surface area contributed by atoms with Gasteiger partial charge in [0.25, 0.3) is 0 Å². The van der Waals surface area contributed by atoms with Crippen LogP contribution in [0.4, 0.5) is 0 Å². The second kappa shape index (κ2) is 6.72. The van der Waals surface area contributed by atoms with Crippen LogP contribution in [-0.4, -0.2) is 9.97 Å². The minimum atomic E-state index is 0.401. The highest BCUT2D eigenvalue weighted by atomic mass is 14.8. The van der Waals surface area contributed by atoms with Gasteiger partial charge in [0.2, 0.25) is 0 Å². The van der Waals surface area contributed by atoms with E-state index in [1.54, 1.807) is 0 Å². The van der Waals surface area contributed by atoms with Crippen LogP contribution in [0.25, 0.3) is 33.5 Å². The van der Waals surface area contributed by atoms with E-state index in [1.165, 1.54) is 5.56 Å². The molecule has 0 fully saturated rings. The van der Waals surface area contributed by atoms with Crippen molar-refractivity contribution in [3.63, 3.8) is 0 Å². The molecule has 1 aromatic heterocycles. The molecule has 0 aliphatic carbocycles. The van der Waals surface area contributed by atoms with Gasteiger partial charge in [0, 0.05) is 11.1 Å². The van der Waals surface area contributed by atoms with E-state index >= 15 is 0 Å². The molecule has 0 aliphatic rings. The van der Waals surface area contributed by atoms with Gasteiger partial charge >= 0.3 is 0 Å². The topological polar surface area (TPSA) is 25.8 Å². The Bertz CT molecular complexity index is 1050. The summed E-state index contributed by atoms with van der Waals surface area (Å²) in [5.74, 6) is 0.401. The lowest BCUT2D eigenvalue weighted by Crippen LogP contribution is -2.00. The summed E-state index contributed by atoms with van der Waals surface area (Å²) in [5, 5.41) is 0. The maximum atomic E-state index is 5.14. The van der Waals surface area contributed by atoms with Gasteiger partial charge in [0.15, 0.2) is 0 Å². The van der Waals surface area contributed by atoms with Gasteiger partial charge < -0.3 is 0 Å². The molecule has 0 atom stereocenters. The van der Waals surface area contributed by atoms with Crippen molar-refractivity contribution in [3.8, 4) is 22.5 Å². The molecule has 0 aliphatic heterocycles. The van der Waals surface area contributed by atoms with Crippen molar-refractivity contribution in [2.75, 3.05) is 0 Å². The summed E-state index contributed by atoms with van der Waals surface area (Å²) in [7, 11) is 0. The van der Waals surface area contributed by atoms with Crippen molar-refractivity contribution >= 4 is 11.0 Å². The Balaban J connectivity index is 2.10. The van der Waals surface area contributed by atoms with Crippen molar-refractivity contribution in [3.05, 3.63) is 83.9 Å². The number of hydrogen-bond donors (Lipinski definition) is 0. The van der Waals surface area contributed by atoms with Gasteiger partial charge in [-0.15, -0.1) is 0 Å². The molecule has 0 radical (unpaired) electrons. The number of hydrogen-bond acceptors (Lipinski definition) is 2. The molecule has 0 bridgehead atoms. The van der Waals surface area contributed by atoms with Crippen LogP contribution in [0.5, 0.6) is 0 Å². The Labute approximate surface area is 154 Å². The highest BCUT2D eigenvalue weighted by molar-refractivity contribution is 5.89. The maximum absolute atomic E-state index is 5.14. The molecular weight excluding hydrogens is 316 g/mol. The van der Waals surface area contributed by atoms with Crippen LogP contribution in [0, 0.1) is 6.92 Å². The predicted octanol–water partition coefficient (Wildman–Crippen LogP) is 6.40. The molecule has 0 amide bonds. The Hall–Kier alpha value is -3.00. The normalized spacial score (nSPS) is 11.2. The number of aromatic nitrogens is 2. The van der Waals surface area contributed by atoms with E-state index in [9.17, 15) is 0 Å². The number of nitrogens with zero attached hydrogens (tertiary/aromatic N) is 2. The molecule has 4 aromatic rings. The number of rotatable bonds is 3. The third kappa shape index (κ3) is 2.88. The Morgan fingerprint density at radius 3 is 1.62 bits per heavy atom. The van der Waals surface area contributed by atoms with Gasteiger partial charge in [-0.25, -0.2) is 9.97 Å². The summed E-state index contributed by atoms with van der Waals surface area (Å²) in [5.41, 5.74) is 8.48. The standard InChI is InChI=1S/C24H22N2/c1-16(2)20-15-14-17(3)21-24(20)26-23(19-12-8-5-9-13-19)22(25-21)18-10-6-4-7-11-18/h4-16H,1-3H3. The van der Waals surface area contributed by atoms with E-state index in [0.29, 0.717) is 5.92 Å². The van der Waals surface area contributed by atoms with Gasteiger partial charge in [0.05, 0.1) is 22.4 Å². The van der Waals surface area contributed by atoms with Crippen LogP contribution in [0.1, 0.15) is 30.9 Å². The van der Waals surface area contributed by atoms with Gasteiger partial charge in [-0.05, 0) is 24.0 Å². The second-order valence-electron chi connectivity index (χ2n) is 6.98. The molecular formula is C24H22N2. The Morgan fingerprint density at radius 1 is 0.615 bits per heavy atom. The molecule has 128 valence electrons. The van der Waals surface area contributed by atoms with Crippen LogP contribution in [0.15, 0.2) is 72.8 Å². The second-order valence-corrected chi connectivity index (χ2v) is 6.98. The average molecular weight is 338 g/mol. The SMILES string of the molecule is Cc1ccc(C(C)C)c2nc(-c3ccccc3)c(-c3ccccc3)nc12. The predicted molar refractivity (Wildman–Crippen MR) is 109 cm³/mol. The number of aryl methyl sites for hydroxylation is 1. The van der Waals surface area contributed by atoms with Crippen LogP contribution in [0.2, 0.25) is 0 Å². The number of benzene rings is 3. The first kappa shape index (κ1) is 16.5. The van der Waals surface area contributed by atoms with Crippen molar-refractivity contribution in [2.24, 2.45) is 0 Å². The van der Waals surface area contributed by atoms with E-state index in [2.05, 4.69) is 69.3 Å². The summed E-state index contributed by atoms with van der Waals surface area (Å²) in [6, 6.07) is 25.0. The third-order valence-electron chi connectivity index (χ3n) is 4.77. The monoisotopic (exact) mass is 338 g/mol. The number of fused-ring (bicyclic) bond motifs is 1. The van der Waals surface area contributed by atoms with E-state index in [4.69, 9.17) is 9.97 Å². The fourth-order valence-corrected chi connectivity index (χ4v) is 3.34. The summed E-state index contributed by atoms with van der Waals surface area (Å²) in [6.45, 7) is 6.52. The zero-order valence-corrected chi connectivity index (χ0v) is 15.4. The quantitative estimate of drug-likeness (QED) is 0.432. The zero-order valence-electron chi connectivity index (χ0n) is 15.4. The summed E-state index contributed by atoms with van der Waals surface area (Å²) < 4.78 is 0. The van der Waals surface area contributed by atoms with E-state index in [1.807, 2.05) is 24.3 Å². The van der Waals surface area contributed by atoms with Crippen LogP contribution < -0.4 is 0 Å². The van der Waals surface area contributed by atoms with Crippen molar-refractivity contribution in [2.45, 2.75) is 26.7 Å². The van der Waals surface area contributed by atoms with Crippen LogP contribution >= 0.6 is 0 Å². The summed E-state index contributed by atoms with van der Waals surface area (Å²) >= 11 is 0. The molecule has 0 spiro atoms. The van der Waals surface area contributed by atoms with Crippen molar-refractivity contribution < 1.29 is 0 Å². The minimum absolute atomic E-state index is 0.401. The van der Waals surface area contributed by atoms with Crippen LogP contribution in [-0.2, 0) is 0 Å². The fraction of sp³-hybridized carbons (Fsp3) is 0.167. The average Bonchev–Trinajstić information content (AvgIpc) is 2.68. The molecule has 2 heteroatoms. The smallest absolute Gasteiger partial charge is 0.0973 e. The van der Waals surface area contributed by atoms with Gasteiger partial charge in [-0.1, -0.05) is 86.6 Å². The molecule has 3 aromatic carbocycles. The first-order valence-corrected chi connectivity index (χ1v) is 9.07. The highest BCUT2D eigenvalue weighted by Crippen LogP contribution is 2.34. The largest absolute Gasteiger partial charge is 0.244 e. The Morgan fingerprint density at radius 2 is 1.12 bits per heavy atom.